The summed E-state index contributed by atoms with van der Waals surface area (Å²) in [7, 11) is 0. The molecule has 0 bridgehead atoms. The Morgan fingerprint density at radius 3 is 2.35 bits per heavy atom. The Bertz CT molecular complexity index is 415. The number of aryl methyl sites for hydroxylation is 1. The van der Waals surface area contributed by atoms with Crippen LogP contribution in [0.1, 0.15) is 37.8 Å². The summed E-state index contributed by atoms with van der Waals surface area (Å²) in [5.41, 5.74) is 2.30. The van der Waals surface area contributed by atoms with Gasteiger partial charge in [0.05, 0.1) is 12.5 Å². The first-order chi connectivity index (χ1) is 9.53. The Hall–Kier alpha value is -1.00. The lowest BCUT2D eigenvalue weighted by molar-refractivity contribution is -0.122. The average Bonchev–Trinajstić information content (AvgIpc) is 2.47. The Morgan fingerprint density at radius 2 is 1.90 bits per heavy atom. The lowest BCUT2D eigenvalue weighted by Gasteiger charge is -2.23. The minimum absolute atomic E-state index is 0.00856. The fourth-order valence-corrected chi connectivity index (χ4v) is 2.70. The molecule has 20 heavy (non-hydrogen) atoms. The predicted molar refractivity (Wildman–Crippen MR) is 86.2 cm³/mol. The molecule has 0 aliphatic carbocycles. The van der Waals surface area contributed by atoms with Gasteiger partial charge in [-0.1, -0.05) is 31.2 Å². The van der Waals surface area contributed by atoms with Gasteiger partial charge in [-0.2, -0.15) is 11.8 Å². The largest absolute Gasteiger partial charge is 0.395 e. The van der Waals surface area contributed by atoms with Crippen LogP contribution in [0.2, 0.25) is 0 Å². The van der Waals surface area contributed by atoms with Gasteiger partial charge < -0.3 is 10.4 Å². The molecule has 0 saturated carbocycles. The Balaban J connectivity index is 2.66. The van der Waals surface area contributed by atoms with Crippen LogP contribution in [-0.4, -0.2) is 35.2 Å². The topological polar surface area (TPSA) is 49.3 Å². The predicted octanol–water partition coefficient (Wildman–Crippen LogP) is 2.58. The second-order valence-corrected chi connectivity index (χ2v) is 6.15. The number of hydrogen-bond acceptors (Lipinski definition) is 3. The summed E-state index contributed by atoms with van der Waals surface area (Å²) >= 11 is 1.57. The molecule has 1 aromatic carbocycles. The molecule has 4 heteroatoms. The number of nitrogens with one attached hydrogen (secondary N) is 1. The summed E-state index contributed by atoms with van der Waals surface area (Å²) in [6, 6.07) is 8.14. The van der Waals surface area contributed by atoms with E-state index in [-0.39, 0.29) is 29.7 Å². The average molecular weight is 295 g/mol. The van der Waals surface area contributed by atoms with Gasteiger partial charge in [0.15, 0.2) is 0 Å². The molecule has 0 spiro atoms. The number of aliphatic hydroxyl groups is 1. The molecule has 0 aliphatic rings. The minimum Gasteiger partial charge on any atom is -0.395 e. The van der Waals surface area contributed by atoms with Crippen molar-refractivity contribution in [3.63, 3.8) is 0 Å². The fourth-order valence-electron chi connectivity index (χ4n) is 2.07. The van der Waals surface area contributed by atoms with Crippen molar-refractivity contribution >= 4 is 17.7 Å². The second-order valence-electron chi connectivity index (χ2n) is 5.07. The van der Waals surface area contributed by atoms with Gasteiger partial charge in [0, 0.05) is 11.3 Å². The molecule has 3 nitrogen and oxygen atoms in total. The van der Waals surface area contributed by atoms with E-state index in [1.54, 1.807) is 11.8 Å². The molecule has 1 aromatic rings. The van der Waals surface area contributed by atoms with Crippen molar-refractivity contribution in [1.82, 2.24) is 5.32 Å². The molecular weight excluding hydrogens is 270 g/mol. The van der Waals surface area contributed by atoms with Crippen molar-refractivity contribution < 1.29 is 9.90 Å². The summed E-state index contributed by atoms with van der Waals surface area (Å²) in [5.74, 6) is -0.168. The zero-order valence-electron chi connectivity index (χ0n) is 12.7. The molecule has 1 amide bonds. The highest BCUT2D eigenvalue weighted by Crippen LogP contribution is 2.18. The van der Waals surface area contributed by atoms with Crippen LogP contribution in [0.25, 0.3) is 0 Å². The van der Waals surface area contributed by atoms with Gasteiger partial charge in [-0.25, -0.2) is 0 Å². The molecule has 0 aromatic heterocycles. The molecule has 0 saturated heterocycles. The highest BCUT2D eigenvalue weighted by Gasteiger charge is 2.21. The monoisotopic (exact) mass is 295 g/mol. The van der Waals surface area contributed by atoms with Crippen molar-refractivity contribution in [3.8, 4) is 0 Å². The number of carbonyl (C=O) groups excluding carboxylic acids is 1. The Kier molecular flexibility index (Phi) is 7.10. The zero-order chi connectivity index (χ0) is 15.1. The smallest absolute Gasteiger partial charge is 0.227 e. The van der Waals surface area contributed by atoms with E-state index in [4.69, 9.17) is 0 Å². The maximum Gasteiger partial charge on any atom is 0.227 e. The van der Waals surface area contributed by atoms with Crippen molar-refractivity contribution in [2.75, 3.05) is 12.9 Å². The normalized spacial score (nSPS) is 15.4. The number of benzene rings is 1. The zero-order valence-corrected chi connectivity index (χ0v) is 13.5. The molecule has 0 radical (unpaired) electrons. The highest BCUT2D eigenvalue weighted by molar-refractivity contribution is 7.99. The molecule has 3 unspecified atom stereocenters. The van der Waals surface area contributed by atoms with Crippen LogP contribution in [0.3, 0.4) is 0 Å². The lowest BCUT2D eigenvalue weighted by Crippen LogP contribution is -2.42. The van der Waals surface area contributed by atoms with Crippen LogP contribution in [0, 0.1) is 0 Å². The van der Waals surface area contributed by atoms with E-state index in [1.807, 2.05) is 32.2 Å². The van der Waals surface area contributed by atoms with Gasteiger partial charge >= 0.3 is 0 Å². The van der Waals surface area contributed by atoms with Crippen LogP contribution < -0.4 is 5.32 Å². The third-order valence-electron chi connectivity index (χ3n) is 3.69. The second kappa shape index (κ2) is 8.32. The number of aliphatic hydroxyl groups excluding tert-OH is 1. The third-order valence-corrected chi connectivity index (χ3v) is 4.85. The quantitative estimate of drug-likeness (QED) is 0.813. The summed E-state index contributed by atoms with van der Waals surface area (Å²) in [6.07, 6.45) is 2.94. The maximum atomic E-state index is 12.2. The van der Waals surface area contributed by atoms with Crippen LogP contribution in [0.4, 0.5) is 0 Å². The van der Waals surface area contributed by atoms with E-state index >= 15 is 0 Å². The lowest BCUT2D eigenvalue weighted by atomic mass is 9.98. The van der Waals surface area contributed by atoms with Crippen molar-refractivity contribution in [1.29, 1.82) is 0 Å². The van der Waals surface area contributed by atoms with Crippen molar-refractivity contribution in [2.24, 2.45) is 0 Å². The minimum atomic E-state index is -0.176. The Morgan fingerprint density at radius 1 is 1.30 bits per heavy atom. The molecule has 112 valence electrons. The van der Waals surface area contributed by atoms with Crippen LogP contribution in [0.5, 0.6) is 0 Å². The Labute approximate surface area is 126 Å². The van der Waals surface area contributed by atoms with Crippen LogP contribution in [-0.2, 0) is 11.2 Å². The van der Waals surface area contributed by atoms with E-state index < -0.39 is 0 Å². The van der Waals surface area contributed by atoms with Crippen molar-refractivity contribution in [2.45, 2.75) is 44.4 Å². The van der Waals surface area contributed by atoms with Gasteiger partial charge in [-0.05, 0) is 37.7 Å². The number of amides is 1. The number of hydrogen-bond donors (Lipinski definition) is 2. The molecule has 0 aliphatic heterocycles. The number of carbonyl (C=O) groups is 1. The van der Waals surface area contributed by atoms with E-state index in [2.05, 4.69) is 24.4 Å². The third kappa shape index (κ3) is 4.53. The van der Waals surface area contributed by atoms with Gasteiger partial charge in [0.2, 0.25) is 5.91 Å². The summed E-state index contributed by atoms with van der Waals surface area (Å²) in [6.45, 7) is 6.03. The van der Waals surface area contributed by atoms with Crippen LogP contribution >= 0.6 is 11.8 Å². The van der Waals surface area contributed by atoms with E-state index in [0.717, 1.165) is 12.0 Å². The van der Waals surface area contributed by atoms with E-state index in [9.17, 15) is 9.90 Å². The molecule has 2 N–H and O–H groups in total. The molecular formula is C16H25NO2S. The number of rotatable bonds is 7. The summed E-state index contributed by atoms with van der Waals surface area (Å²) in [5, 5.41) is 12.3. The van der Waals surface area contributed by atoms with Crippen molar-refractivity contribution in [3.05, 3.63) is 35.4 Å². The standard InChI is InChI=1S/C16H25NO2S/c1-5-13-6-8-14(9-7-13)11(2)16(19)17-12(3)15(10-18)20-4/h6-9,11-12,15,18H,5,10H2,1-4H3,(H,17,19). The first-order valence-corrected chi connectivity index (χ1v) is 8.35. The molecule has 1 rings (SSSR count). The molecule has 0 fully saturated rings. The molecule has 0 heterocycles. The summed E-state index contributed by atoms with van der Waals surface area (Å²) in [4.78, 5) is 12.2. The van der Waals surface area contributed by atoms with E-state index in [0.29, 0.717) is 0 Å². The van der Waals surface area contributed by atoms with Gasteiger partial charge in [0.1, 0.15) is 0 Å². The summed E-state index contributed by atoms with van der Waals surface area (Å²) < 4.78 is 0. The first-order valence-electron chi connectivity index (χ1n) is 7.06. The SMILES string of the molecule is CCc1ccc(C(C)C(=O)NC(C)C(CO)SC)cc1. The fraction of sp³-hybridized carbons (Fsp3) is 0.562. The maximum absolute atomic E-state index is 12.2. The van der Waals surface area contributed by atoms with Gasteiger partial charge in [-0.3, -0.25) is 4.79 Å². The first kappa shape index (κ1) is 17.1. The van der Waals surface area contributed by atoms with Gasteiger partial charge in [-0.15, -0.1) is 0 Å². The van der Waals surface area contributed by atoms with Crippen LogP contribution in [0.15, 0.2) is 24.3 Å². The molecule has 3 atom stereocenters. The van der Waals surface area contributed by atoms with Gasteiger partial charge in [0.25, 0.3) is 0 Å². The number of thioether (sulfide) groups is 1. The van der Waals surface area contributed by atoms with E-state index in [1.165, 1.54) is 5.56 Å². The highest BCUT2D eigenvalue weighted by atomic mass is 32.2.